The first-order valence-electron chi connectivity index (χ1n) is 8.49. The van der Waals surface area contributed by atoms with Crippen molar-refractivity contribution in [3.05, 3.63) is 89.5 Å². The zero-order chi connectivity index (χ0) is 20.1. The maximum atomic E-state index is 13.2. The smallest absolute Gasteiger partial charge is 0.352 e. The molecule has 3 nitrogen and oxygen atoms in total. The molecule has 0 radical (unpaired) electrons. The Morgan fingerprint density at radius 2 is 1.68 bits per heavy atom. The molecule has 1 N–H and O–H groups in total. The van der Waals surface area contributed by atoms with Crippen molar-refractivity contribution in [3.63, 3.8) is 0 Å². The molecule has 0 aliphatic carbocycles. The van der Waals surface area contributed by atoms with Crippen molar-refractivity contribution < 1.29 is 22.4 Å². The lowest BCUT2D eigenvalue weighted by molar-refractivity contribution is -0.137. The first-order chi connectivity index (χ1) is 13.3. The molecule has 0 saturated carbocycles. The molecule has 2 aromatic carbocycles. The maximum absolute atomic E-state index is 13.2. The molecule has 1 heterocycles. The Labute approximate surface area is 159 Å². The Balaban J connectivity index is 1.61. The van der Waals surface area contributed by atoms with Gasteiger partial charge in [-0.2, -0.15) is 13.2 Å². The largest absolute Gasteiger partial charge is 0.417 e. The zero-order valence-electron chi connectivity index (χ0n) is 14.6. The number of benzene rings is 2. The molecule has 1 amide bonds. The number of carbonyl (C=O) groups is 1. The van der Waals surface area contributed by atoms with E-state index < -0.39 is 29.0 Å². The van der Waals surface area contributed by atoms with Crippen LogP contribution in [0.5, 0.6) is 0 Å². The molecular formula is C21H16F4N2O. The molecule has 7 heteroatoms. The number of amides is 1. The van der Waals surface area contributed by atoms with Gasteiger partial charge in [0.25, 0.3) is 5.91 Å². The van der Waals surface area contributed by atoms with Gasteiger partial charge < -0.3 is 5.32 Å². The van der Waals surface area contributed by atoms with E-state index in [-0.39, 0.29) is 6.54 Å². The summed E-state index contributed by atoms with van der Waals surface area (Å²) < 4.78 is 52.2. The second-order valence-electron chi connectivity index (χ2n) is 6.14. The average molecular weight is 388 g/mol. The number of halogens is 4. The van der Waals surface area contributed by atoms with Gasteiger partial charge in [0.1, 0.15) is 5.82 Å². The molecule has 0 atom stereocenters. The fourth-order valence-corrected chi connectivity index (χ4v) is 2.78. The van der Waals surface area contributed by atoms with Gasteiger partial charge in [-0.3, -0.25) is 9.78 Å². The third-order valence-corrected chi connectivity index (χ3v) is 4.17. The third-order valence-electron chi connectivity index (χ3n) is 4.17. The number of carbonyl (C=O) groups excluding carboxylic acids is 1. The molecule has 0 aliphatic rings. The van der Waals surface area contributed by atoms with E-state index >= 15 is 0 Å². The van der Waals surface area contributed by atoms with Crippen LogP contribution >= 0.6 is 0 Å². The minimum absolute atomic E-state index is 0.186. The van der Waals surface area contributed by atoms with E-state index in [1.807, 2.05) is 12.1 Å². The molecule has 1 aromatic heterocycles. The van der Waals surface area contributed by atoms with Gasteiger partial charge in [0.05, 0.1) is 17.3 Å². The molecule has 144 valence electrons. The highest BCUT2D eigenvalue weighted by Crippen LogP contribution is 2.31. The predicted molar refractivity (Wildman–Crippen MR) is 97.1 cm³/mol. The summed E-state index contributed by atoms with van der Waals surface area (Å²) in [5.41, 5.74) is 0.963. The fraction of sp³-hybridized carbons (Fsp3) is 0.143. The van der Waals surface area contributed by atoms with Crippen molar-refractivity contribution in [3.8, 4) is 11.1 Å². The molecule has 0 unspecified atom stereocenters. The summed E-state index contributed by atoms with van der Waals surface area (Å²) in [5, 5.41) is 2.52. The summed E-state index contributed by atoms with van der Waals surface area (Å²) in [6.07, 6.45) is -1.47. The van der Waals surface area contributed by atoms with Crippen molar-refractivity contribution in [1.29, 1.82) is 0 Å². The fourth-order valence-electron chi connectivity index (χ4n) is 2.78. The normalized spacial score (nSPS) is 11.3. The lowest BCUT2D eigenvalue weighted by atomic mass is 10.0. The van der Waals surface area contributed by atoms with Gasteiger partial charge in [-0.15, -0.1) is 0 Å². The Bertz CT molecular complexity index is 969. The highest BCUT2D eigenvalue weighted by atomic mass is 19.4. The lowest BCUT2D eigenvalue weighted by Crippen LogP contribution is -2.28. The quantitative estimate of drug-likeness (QED) is 0.633. The zero-order valence-corrected chi connectivity index (χ0v) is 14.6. The molecular weight excluding hydrogens is 372 g/mol. The summed E-state index contributed by atoms with van der Waals surface area (Å²) >= 11 is 0. The number of rotatable bonds is 5. The van der Waals surface area contributed by atoms with Gasteiger partial charge in [-0.25, -0.2) is 4.39 Å². The average Bonchev–Trinajstić information content (AvgIpc) is 2.68. The highest BCUT2D eigenvalue weighted by Gasteiger charge is 2.34. The standard InChI is InChI=1S/C21H16F4N2O/c22-17-11-16(12-26-13-17)15-7-5-14(6-8-15)9-10-27-20(28)18-3-1-2-4-19(18)21(23,24)25/h1-8,11-13H,9-10H2,(H,27,28). The predicted octanol–water partition coefficient (Wildman–Crippen LogP) is 4.88. The van der Waals surface area contributed by atoms with E-state index in [0.29, 0.717) is 12.0 Å². The molecule has 0 fully saturated rings. The Hall–Kier alpha value is -3.22. The number of hydrogen-bond acceptors (Lipinski definition) is 2. The molecule has 0 spiro atoms. The van der Waals surface area contributed by atoms with Gasteiger partial charge in [-0.1, -0.05) is 36.4 Å². The van der Waals surface area contributed by atoms with Gasteiger partial charge in [0.2, 0.25) is 0 Å². The number of hydrogen-bond donors (Lipinski definition) is 1. The first-order valence-corrected chi connectivity index (χ1v) is 8.49. The number of nitrogens with zero attached hydrogens (tertiary/aromatic N) is 1. The van der Waals surface area contributed by atoms with Gasteiger partial charge >= 0.3 is 6.18 Å². The number of alkyl halides is 3. The van der Waals surface area contributed by atoms with Crippen LogP contribution in [-0.2, 0) is 12.6 Å². The van der Waals surface area contributed by atoms with E-state index in [0.717, 1.165) is 29.5 Å². The van der Waals surface area contributed by atoms with Crippen LogP contribution in [0.25, 0.3) is 11.1 Å². The highest BCUT2D eigenvalue weighted by molar-refractivity contribution is 5.95. The van der Waals surface area contributed by atoms with Crippen molar-refractivity contribution in [2.45, 2.75) is 12.6 Å². The van der Waals surface area contributed by atoms with Crippen LogP contribution in [0, 0.1) is 5.82 Å². The Morgan fingerprint density at radius 1 is 0.964 bits per heavy atom. The van der Waals surface area contributed by atoms with Gasteiger partial charge in [-0.05, 0) is 35.7 Å². The summed E-state index contributed by atoms with van der Waals surface area (Å²) in [5.74, 6) is -1.20. The van der Waals surface area contributed by atoms with Crippen molar-refractivity contribution >= 4 is 5.91 Å². The molecule has 0 bridgehead atoms. The molecule has 0 saturated heterocycles. The summed E-state index contributed by atoms with van der Waals surface area (Å²) in [6.45, 7) is 0.186. The van der Waals surface area contributed by atoms with Crippen LogP contribution in [-0.4, -0.2) is 17.4 Å². The molecule has 3 rings (SSSR count). The van der Waals surface area contributed by atoms with E-state index in [4.69, 9.17) is 0 Å². The van der Waals surface area contributed by atoms with Crippen LogP contribution in [0.15, 0.2) is 67.0 Å². The molecule has 0 aliphatic heterocycles. The maximum Gasteiger partial charge on any atom is 0.417 e. The van der Waals surface area contributed by atoms with Crippen molar-refractivity contribution in [2.75, 3.05) is 6.54 Å². The topological polar surface area (TPSA) is 42.0 Å². The molecule has 28 heavy (non-hydrogen) atoms. The summed E-state index contributed by atoms with van der Waals surface area (Å²) in [4.78, 5) is 15.9. The Morgan fingerprint density at radius 3 is 2.36 bits per heavy atom. The van der Waals surface area contributed by atoms with E-state index in [1.165, 1.54) is 18.2 Å². The van der Waals surface area contributed by atoms with E-state index in [1.54, 1.807) is 18.3 Å². The van der Waals surface area contributed by atoms with Gasteiger partial charge in [0.15, 0.2) is 0 Å². The lowest BCUT2D eigenvalue weighted by Gasteiger charge is -2.12. The van der Waals surface area contributed by atoms with Crippen LogP contribution in [0.1, 0.15) is 21.5 Å². The minimum atomic E-state index is -4.59. The van der Waals surface area contributed by atoms with E-state index in [2.05, 4.69) is 10.3 Å². The van der Waals surface area contributed by atoms with Gasteiger partial charge in [0, 0.05) is 18.3 Å². The minimum Gasteiger partial charge on any atom is -0.352 e. The Kier molecular flexibility index (Phi) is 5.73. The van der Waals surface area contributed by atoms with E-state index in [9.17, 15) is 22.4 Å². The number of pyridine rings is 1. The van der Waals surface area contributed by atoms with Crippen molar-refractivity contribution in [2.24, 2.45) is 0 Å². The molecule has 3 aromatic rings. The van der Waals surface area contributed by atoms with Crippen molar-refractivity contribution in [1.82, 2.24) is 10.3 Å². The van der Waals surface area contributed by atoms with Crippen LogP contribution in [0.2, 0.25) is 0 Å². The number of aromatic nitrogens is 1. The SMILES string of the molecule is O=C(NCCc1ccc(-c2cncc(F)c2)cc1)c1ccccc1C(F)(F)F. The van der Waals surface area contributed by atoms with Crippen LogP contribution in [0.4, 0.5) is 17.6 Å². The summed E-state index contributed by atoms with van der Waals surface area (Å²) in [7, 11) is 0. The summed E-state index contributed by atoms with van der Waals surface area (Å²) in [6, 6.07) is 13.3. The first kappa shape index (κ1) is 19.5. The second kappa shape index (κ2) is 8.21. The third kappa shape index (κ3) is 4.73. The number of nitrogens with one attached hydrogen (secondary N) is 1. The monoisotopic (exact) mass is 388 g/mol. The van der Waals surface area contributed by atoms with Crippen LogP contribution in [0.3, 0.4) is 0 Å². The second-order valence-corrected chi connectivity index (χ2v) is 6.14. The van der Waals surface area contributed by atoms with Crippen LogP contribution < -0.4 is 5.32 Å².